The van der Waals surface area contributed by atoms with Gasteiger partial charge in [0.15, 0.2) is 12.2 Å². The Morgan fingerprint density at radius 1 is 1.43 bits per heavy atom. The fourth-order valence-corrected chi connectivity index (χ4v) is 2.56. The number of carboxylic acid groups (broad SMARTS) is 1. The number of nitrogens with zero attached hydrogens (tertiary/aromatic N) is 1. The van der Waals surface area contributed by atoms with Gasteiger partial charge in [-0.25, -0.2) is 4.79 Å². The van der Waals surface area contributed by atoms with Crippen molar-refractivity contribution < 1.29 is 29.3 Å². The van der Waals surface area contributed by atoms with Crippen LogP contribution >= 0.6 is 0 Å². The number of aliphatic carboxylic acids is 1. The van der Waals surface area contributed by atoms with Gasteiger partial charge in [-0.05, 0) is 31.5 Å². The number of hydrogen-bond donors (Lipinski definition) is 2. The zero-order valence-electron chi connectivity index (χ0n) is 13.4. The SMILES string of the molecule is COc1ccc(CN2CC(C)(C)O[C@H](C(O)C(=O)O)C2=O)cc1. The molecule has 0 aliphatic carbocycles. The summed E-state index contributed by atoms with van der Waals surface area (Å²) in [5, 5.41) is 18.7. The lowest BCUT2D eigenvalue weighted by Crippen LogP contribution is -2.60. The Morgan fingerprint density at radius 2 is 2.04 bits per heavy atom. The average molecular weight is 323 g/mol. The van der Waals surface area contributed by atoms with Crippen LogP contribution in [0.5, 0.6) is 5.75 Å². The Kier molecular flexibility index (Phi) is 4.91. The zero-order valence-corrected chi connectivity index (χ0v) is 13.4. The standard InChI is InChI=1S/C16H21NO6/c1-16(2)9-17(8-10-4-6-11(22-3)7-5-10)14(19)13(23-16)12(18)15(20)21/h4-7,12-13,18H,8-9H2,1-3H3,(H,20,21)/t12?,13-/m1/s1. The van der Waals surface area contributed by atoms with Crippen LogP contribution in [-0.2, 0) is 20.9 Å². The number of carbonyl (C=O) groups is 2. The summed E-state index contributed by atoms with van der Waals surface area (Å²) in [6.07, 6.45) is -3.30. The van der Waals surface area contributed by atoms with Gasteiger partial charge in [0.05, 0.1) is 12.7 Å². The number of rotatable bonds is 5. The van der Waals surface area contributed by atoms with Crippen molar-refractivity contribution >= 4 is 11.9 Å². The first-order chi connectivity index (χ1) is 10.7. The number of aliphatic hydroxyl groups is 1. The first-order valence-corrected chi connectivity index (χ1v) is 7.24. The van der Waals surface area contributed by atoms with E-state index in [1.165, 1.54) is 4.90 Å². The van der Waals surface area contributed by atoms with Gasteiger partial charge in [-0.1, -0.05) is 12.1 Å². The summed E-state index contributed by atoms with van der Waals surface area (Å²) in [5.41, 5.74) is 0.127. The summed E-state index contributed by atoms with van der Waals surface area (Å²) in [6, 6.07) is 7.23. The second-order valence-corrected chi connectivity index (χ2v) is 6.12. The summed E-state index contributed by atoms with van der Waals surface area (Å²) in [5.74, 6) is -1.30. The summed E-state index contributed by atoms with van der Waals surface area (Å²) in [7, 11) is 1.57. The van der Waals surface area contributed by atoms with E-state index in [1.54, 1.807) is 33.1 Å². The maximum atomic E-state index is 12.4. The van der Waals surface area contributed by atoms with Crippen molar-refractivity contribution in [2.75, 3.05) is 13.7 Å². The van der Waals surface area contributed by atoms with Crippen LogP contribution in [0.15, 0.2) is 24.3 Å². The normalized spacial score (nSPS) is 21.8. The van der Waals surface area contributed by atoms with E-state index in [1.807, 2.05) is 12.1 Å². The molecular weight excluding hydrogens is 302 g/mol. The minimum Gasteiger partial charge on any atom is -0.497 e. The Balaban J connectivity index is 2.18. The lowest BCUT2D eigenvalue weighted by molar-refractivity contribution is -0.198. The molecular formula is C16H21NO6. The van der Waals surface area contributed by atoms with Crippen molar-refractivity contribution in [3.63, 3.8) is 0 Å². The number of benzene rings is 1. The van der Waals surface area contributed by atoms with Gasteiger partial charge in [0.25, 0.3) is 5.91 Å². The summed E-state index contributed by atoms with van der Waals surface area (Å²) in [4.78, 5) is 24.9. The number of morpholine rings is 1. The smallest absolute Gasteiger partial charge is 0.335 e. The fourth-order valence-electron chi connectivity index (χ4n) is 2.56. The molecule has 0 spiro atoms. The number of amides is 1. The quantitative estimate of drug-likeness (QED) is 0.826. The second-order valence-electron chi connectivity index (χ2n) is 6.12. The maximum absolute atomic E-state index is 12.4. The number of aliphatic hydroxyl groups excluding tert-OH is 1. The van der Waals surface area contributed by atoms with Gasteiger partial charge in [-0.2, -0.15) is 0 Å². The minimum atomic E-state index is -1.89. The predicted molar refractivity (Wildman–Crippen MR) is 81.0 cm³/mol. The van der Waals surface area contributed by atoms with Crippen LogP contribution in [0.25, 0.3) is 0 Å². The molecule has 7 nitrogen and oxygen atoms in total. The van der Waals surface area contributed by atoms with Gasteiger partial charge in [-0.3, -0.25) is 4.79 Å². The third kappa shape index (κ3) is 4.00. The van der Waals surface area contributed by atoms with Crippen LogP contribution in [0.2, 0.25) is 0 Å². The van der Waals surface area contributed by atoms with Crippen LogP contribution < -0.4 is 4.74 Å². The third-order valence-corrected chi connectivity index (χ3v) is 3.64. The second kappa shape index (κ2) is 6.55. The third-order valence-electron chi connectivity index (χ3n) is 3.64. The zero-order chi connectivity index (χ0) is 17.2. The highest BCUT2D eigenvalue weighted by Gasteiger charge is 2.45. The van der Waals surface area contributed by atoms with Crippen LogP contribution in [0.1, 0.15) is 19.4 Å². The summed E-state index contributed by atoms with van der Waals surface area (Å²) in [6.45, 7) is 4.11. The molecule has 2 N–H and O–H groups in total. The molecule has 1 aliphatic rings. The largest absolute Gasteiger partial charge is 0.497 e. The van der Waals surface area contributed by atoms with Gasteiger partial charge in [0, 0.05) is 13.1 Å². The van der Waals surface area contributed by atoms with Crippen molar-refractivity contribution in [2.45, 2.75) is 38.2 Å². The molecule has 1 unspecified atom stereocenters. The fraction of sp³-hybridized carbons (Fsp3) is 0.500. The molecule has 2 atom stereocenters. The van der Waals surface area contributed by atoms with Gasteiger partial charge >= 0.3 is 5.97 Å². The van der Waals surface area contributed by atoms with E-state index in [9.17, 15) is 14.7 Å². The van der Waals surface area contributed by atoms with Crippen molar-refractivity contribution in [3.8, 4) is 5.75 Å². The molecule has 1 saturated heterocycles. The van der Waals surface area contributed by atoms with Gasteiger partial charge in [-0.15, -0.1) is 0 Å². The van der Waals surface area contributed by atoms with E-state index < -0.39 is 29.7 Å². The molecule has 0 radical (unpaired) electrons. The minimum absolute atomic E-state index is 0.304. The topological polar surface area (TPSA) is 96.3 Å². The van der Waals surface area contributed by atoms with E-state index in [0.717, 1.165) is 5.56 Å². The molecule has 2 rings (SSSR count). The summed E-state index contributed by atoms with van der Waals surface area (Å²) >= 11 is 0. The van der Waals surface area contributed by atoms with E-state index in [2.05, 4.69) is 0 Å². The molecule has 0 saturated carbocycles. The summed E-state index contributed by atoms with van der Waals surface area (Å²) < 4.78 is 10.6. The molecule has 23 heavy (non-hydrogen) atoms. The average Bonchev–Trinajstić information content (AvgIpc) is 2.50. The lowest BCUT2D eigenvalue weighted by atomic mass is 10.0. The number of methoxy groups -OCH3 is 1. The predicted octanol–water partition coefficient (Wildman–Crippen LogP) is 0.647. The van der Waals surface area contributed by atoms with E-state index >= 15 is 0 Å². The highest BCUT2D eigenvalue weighted by Crippen LogP contribution is 2.26. The molecule has 1 fully saturated rings. The molecule has 1 aromatic carbocycles. The Bertz CT molecular complexity index is 583. The van der Waals surface area contributed by atoms with E-state index in [0.29, 0.717) is 18.8 Å². The maximum Gasteiger partial charge on any atom is 0.335 e. The van der Waals surface area contributed by atoms with Gasteiger partial charge in [0.1, 0.15) is 5.75 Å². The highest BCUT2D eigenvalue weighted by molar-refractivity contribution is 5.88. The molecule has 1 amide bonds. The van der Waals surface area contributed by atoms with Crippen molar-refractivity contribution in [3.05, 3.63) is 29.8 Å². The number of carbonyl (C=O) groups excluding carboxylic acids is 1. The molecule has 1 heterocycles. The number of carboxylic acids is 1. The monoisotopic (exact) mass is 323 g/mol. The first kappa shape index (κ1) is 17.2. The molecule has 1 aromatic rings. The van der Waals surface area contributed by atoms with Crippen LogP contribution in [-0.4, -0.2) is 58.5 Å². The molecule has 0 aromatic heterocycles. The van der Waals surface area contributed by atoms with Crippen LogP contribution in [0.4, 0.5) is 0 Å². The molecule has 0 bridgehead atoms. The van der Waals surface area contributed by atoms with Crippen LogP contribution in [0, 0.1) is 0 Å². The van der Waals surface area contributed by atoms with Gasteiger partial charge in [0.2, 0.25) is 0 Å². The van der Waals surface area contributed by atoms with Gasteiger partial charge < -0.3 is 24.6 Å². The van der Waals surface area contributed by atoms with Crippen molar-refractivity contribution in [1.29, 1.82) is 0 Å². The number of ether oxygens (including phenoxy) is 2. The van der Waals surface area contributed by atoms with E-state index in [4.69, 9.17) is 14.6 Å². The molecule has 1 aliphatic heterocycles. The van der Waals surface area contributed by atoms with Crippen molar-refractivity contribution in [2.24, 2.45) is 0 Å². The number of hydrogen-bond acceptors (Lipinski definition) is 5. The lowest BCUT2D eigenvalue weighted by Gasteiger charge is -2.42. The Morgan fingerprint density at radius 3 is 2.57 bits per heavy atom. The highest BCUT2D eigenvalue weighted by atomic mass is 16.5. The molecule has 7 heteroatoms. The van der Waals surface area contributed by atoms with Crippen molar-refractivity contribution in [1.82, 2.24) is 4.90 Å². The first-order valence-electron chi connectivity index (χ1n) is 7.24. The molecule has 126 valence electrons. The Hall–Kier alpha value is -2.12. The van der Waals surface area contributed by atoms with E-state index in [-0.39, 0.29) is 0 Å². The van der Waals surface area contributed by atoms with Crippen LogP contribution in [0.3, 0.4) is 0 Å². The Labute approximate surface area is 134 Å².